The number of rotatable bonds is 7. The van der Waals surface area contributed by atoms with Gasteiger partial charge in [-0.15, -0.1) is 0 Å². The van der Waals surface area contributed by atoms with E-state index in [9.17, 15) is 8.78 Å². The number of epoxide rings is 1. The fraction of sp³-hybridized carbons (Fsp3) is 0.290. The Bertz CT molecular complexity index is 1270. The van der Waals surface area contributed by atoms with Crippen molar-refractivity contribution < 1.29 is 17.9 Å². The Hall–Kier alpha value is -3.11. The van der Waals surface area contributed by atoms with Gasteiger partial charge in [-0.1, -0.05) is 66.8 Å². The zero-order valence-corrected chi connectivity index (χ0v) is 19.9. The van der Waals surface area contributed by atoms with E-state index in [0.717, 1.165) is 42.4 Å². The number of hydrogen-bond donors (Lipinski definition) is 0. The maximum absolute atomic E-state index is 15.1. The van der Waals surface area contributed by atoms with Crippen LogP contribution in [-0.4, -0.2) is 6.61 Å². The lowest BCUT2D eigenvalue weighted by Gasteiger charge is -2.22. The van der Waals surface area contributed by atoms with Gasteiger partial charge in [-0.25, -0.2) is 13.2 Å². The van der Waals surface area contributed by atoms with E-state index >= 15 is 4.39 Å². The Morgan fingerprint density at radius 2 is 1.60 bits per heavy atom. The fourth-order valence-electron chi connectivity index (χ4n) is 4.95. The van der Waals surface area contributed by atoms with Crippen LogP contribution in [0.2, 0.25) is 0 Å². The first-order valence-electron chi connectivity index (χ1n) is 12.4. The van der Waals surface area contributed by atoms with Gasteiger partial charge in [0.1, 0.15) is 11.9 Å². The number of halogens is 3. The van der Waals surface area contributed by atoms with Crippen LogP contribution in [0.5, 0.6) is 0 Å². The van der Waals surface area contributed by atoms with E-state index in [-0.39, 0.29) is 23.0 Å². The average molecular weight is 475 g/mol. The molecule has 1 saturated heterocycles. The zero-order chi connectivity index (χ0) is 24.4. The second kappa shape index (κ2) is 10.2. The molecule has 1 fully saturated rings. The molecular weight excluding hydrogens is 445 g/mol. The molecule has 1 nitrogen and oxygen atoms in total. The smallest absolute Gasteiger partial charge is 0.167 e. The van der Waals surface area contributed by atoms with Gasteiger partial charge in [0.15, 0.2) is 11.6 Å². The molecule has 0 N–H and O–H groups in total. The molecule has 1 heterocycles. The van der Waals surface area contributed by atoms with Crippen LogP contribution in [0.3, 0.4) is 0 Å². The molecule has 2 aliphatic rings. The van der Waals surface area contributed by atoms with E-state index in [1.807, 2.05) is 31.2 Å². The summed E-state index contributed by atoms with van der Waals surface area (Å²) in [4.78, 5) is 0. The molecule has 0 aromatic heterocycles. The van der Waals surface area contributed by atoms with E-state index in [1.165, 1.54) is 6.42 Å². The molecule has 5 rings (SSSR count). The number of allylic oxidation sites excluding steroid dienone is 4. The normalized spacial score (nSPS) is 19.7. The van der Waals surface area contributed by atoms with Gasteiger partial charge in [0.05, 0.1) is 6.61 Å². The Balaban J connectivity index is 1.31. The van der Waals surface area contributed by atoms with Crippen molar-refractivity contribution in [1.82, 2.24) is 0 Å². The van der Waals surface area contributed by atoms with Gasteiger partial charge in [-0.05, 0) is 73.3 Å². The summed E-state index contributed by atoms with van der Waals surface area (Å²) in [5.74, 6) is -1.28. The first-order valence-corrected chi connectivity index (χ1v) is 12.4. The van der Waals surface area contributed by atoms with Crippen molar-refractivity contribution in [2.24, 2.45) is 5.92 Å². The van der Waals surface area contributed by atoms with E-state index in [2.05, 4.69) is 18.2 Å². The molecule has 180 valence electrons. The molecule has 0 bridgehead atoms. The Labute approximate surface area is 205 Å². The summed E-state index contributed by atoms with van der Waals surface area (Å²) in [6, 6.07) is 15.6. The summed E-state index contributed by atoms with van der Waals surface area (Å²) in [5, 5.41) is 0. The maximum atomic E-state index is 15.1. The third-order valence-corrected chi connectivity index (χ3v) is 7.13. The molecule has 0 saturated carbocycles. The second-order valence-corrected chi connectivity index (χ2v) is 9.44. The summed E-state index contributed by atoms with van der Waals surface area (Å²) < 4.78 is 49.2. The first-order chi connectivity index (χ1) is 17.0. The average Bonchev–Trinajstić information content (AvgIpc) is 3.72. The maximum Gasteiger partial charge on any atom is 0.167 e. The van der Waals surface area contributed by atoms with Crippen molar-refractivity contribution in [3.05, 3.63) is 101 Å². The largest absolute Gasteiger partial charge is 0.368 e. The van der Waals surface area contributed by atoms with Gasteiger partial charge in [0.25, 0.3) is 0 Å². The van der Waals surface area contributed by atoms with Crippen LogP contribution in [0.1, 0.15) is 56.3 Å². The molecule has 35 heavy (non-hydrogen) atoms. The van der Waals surface area contributed by atoms with Crippen molar-refractivity contribution in [1.29, 1.82) is 0 Å². The fourth-order valence-corrected chi connectivity index (χ4v) is 4.95. The van der Waals surface area contributed by atoms with Crippen molar-refractivity contribution in [2.45, 2.75) is 45.1 Å². The highest BCUT2D eigenvalue weighted by Gasteiger charge is 2.30. The van der Waals surface area contributed by atoms with E-state index in [1.54, 1.807) is 30.3 Å². The van der Waals surface area contributed by atoms with Crippen LogP contribution in [-0.2, 0) is 4.74 Å². The SMILES string of the molecule is C/C=C/CCC1CC=C(c2ccc(-c3ccc(-c4ccc(C5CO5)c(F)c4F)cc3)cc2F)CC1. The topological polar surface area (TPSA) is 12.5 Å². The molecule has 0 spiro atoms. The molecule has 0 radical (unpaired) electrons. The van der Waals surface area contributed by atoms with Crippen molar-refractivity contribution in [2.75, 3.05) is 6.61 Å². The van der Waals surface area contributed by atoms with Crippen LogP contribution in [0.15, 0.2) is 72.8 Å². The van der Waals surface area contributed by atoms with Crippen LogP contribution in [0, 0.1) is 23.4 Å². The summed E-state index contributed by atoms with van der Waals surface area (Å²) in [5.41, 5.74) is 4.38. The Morgan fingerprint density at radius 1 is 0.886 bits per heavy atom. The molecule has 1 aliphatic heterocycles. The van der Waals surface area contributed by atoms with E-state index < -0.39 is 11.6 Å². The predicted octanol–water partition coefficient (Wildman–Crippen LogP) is 9.05. The van der Waals surface area contributed by atoms with Crippen LogP contribution in [0.25, 0.3) is 27.8 Å². The lowest BCUT2D eigenvalue weighted by atomic mass is 9.84. The Kier molecular flexibility index (Phi) is 6.92. The summed E-state index contributed by atoms with van der Waals surface area (Å²) in [7, 11) is 0. The first kappa shape index (κ1) is 23.6. The molecule has 2 unspecified atom stereocenters. The quantitative estimate of drug-likeness (QED) is 0.246. The van der Waals surface area contributed by atoms with Crippen LogP contribution >= 0.6 is 0 Å². The van der Waals surface area contributed by atoms with Crippen molar-refractivity contribution in [3.63, 3.8) is 0 Å². The van der Waals surface area contributed by atoms with E-state index in [4.69, 9.17) is 4.74 Å². The molecule has 3 aromatic rings. The zero-order valence-electron chi connectivity index (χ0n) is 19.9. The van der Waals surface area contributed by atoms with Gasteiger partial charge in [0, 0.05) is 16.7 Å². The Morgan fingerprint density at radius 3 is 2.26 bits per heavy atom. The minimum absolute atomic E-state index is 0.202. The summed E-state index contributed by atoms with van der Waals surface area (Å²) in [6.45, 7) is 2.47. The highest BCUT2D eigenvalue weighted by atomic mass is 19.2. The number of benzene rings is 3. The molecule has 4 heteroatoms. The van der Waals surface area contributed by atoms with Crippen molar-refractivity contribution >= 4 is 5.57 Å². The molecule has 3 aromatic carbocycles. The highest BCUT2D eigenvalue weighted by molar-refractivity contribution is 5.74. The predicted molar refractivity (Wildman–Crippen MR) is 135 cm³/mol. The van der Waals surface area contributed by atoms with Gasteiger partial charge in [-0.2, -0.15) is 0 Å². The number of hydrogen-bond acceptors (Lipinski definition) is 1. The molecular formula is C31H29F3O. The lowest BCUT2D eigenvalue weighted by molar-refractivity contribution is 0.401. The van der Waals surface area contributed by atoms with Crippen LogP contribution in [0.4, 0.5) is 13.2 Å². The lowest BCUT2D eigenvalue weighted by Crippen LogP contribution is -2.06. The molecule has 0 amide bonds. The van der Waals surface area contributed by atoms with Gasteiger partial charge < -0.3 is 4.74 Å². The number of ether oxygens (including phenoxy) is 1. The van der Waals surface area contributed by atoms with Crippen LogP contribution < -0.4 is 0 Å². The van der Waals surface area contributed by atoms with Gasteiger partial charge >= 0.3 is 0 Å². The second-order valence-electron chi connectivity index (χ2n) is 9.44. The van der Waals surface area contributed by atoms with E-state index in [0.29, 0.717) is 23.7 Å². The summed E-state index contributed by atoms with van der Waals surface area (Å²) >= 11 is 0. The molecule has 1 aliphatic carbocycles. The van der Waals surface area contributed by atoms with Crippen molar-refractivity contribution in [3.8, 4) is 22.3 Å². The monoisotopic (exact) mass is 474 g/mol. The van der Waals surface area contributed by atoms with Gasteiger partial charge in [0.2, 0.25) is 0 Å². The molecule has 2 atom stereocenters. The third-order valence-electron chi connectivity index (χ3n) is 7.13. The highest BCUT2D eigenvalue weighted by Crippen LogP contribution is 2.37. The third kappa shape index (κ3) is 5.13. The van der Waals surface area contributed by atoms with Gasteiger partial charge in [-0.3, -0.25) is 0 Å². The minimum Gasteiger partial charge on any atom is -0.368 e. The minimum atomic E-state index is -0.869. The standard InChI is InChI=1S/C31H29F3O/c1-2-3-4-5-20-6-8-22(9-7-20)25-15-14-24(18-28(25)32)21-10-12-23(13-11-21)26-16-17-27(29-19-35-29)31(34)30(26)33/h2-3,8,10-18,20,29H,4-7,9,19H2,1H3/b3-2+. The summed E-state index contributed by atoms with van der Waals surface area (Å²) in [6.07, 6.45) is 11.4.